The summed E-state index contributed by atoms with van der Waals surface area (Å²) in [5.41, 5.74) is 3.63. The minimum absolute atomic E-state index is 0.0257. The SMILES string of the molecule is COc1cc(OC)cc(C(=O)N/N=C(\C)CC(=O)Nc2cc(OC)ccc2OC)c1. The number of methoxy groups -OCH3 is 4. The molecule has 0 aliphatic heterocycles. The third-order valence-corrected chi connectivity index (χ3v) is 4.06. The van der Waals surface area contributed by atoms with E-state index in [0.29, 0.717) is 40.0 Å². The number of nitrogens with one attached hydrogen (secondary N) is 2. The Kier molecular flexibility index (Phi) is 8.04. The van der Waals surface area contributed by atoms with E-state index in [-0.39, 0.29) is 12.3 Å². The number of ether oxygens (including phenoxy) is 4. The standard InChI is InChI=1S/C21H25N3O6/c1-13(8-20(25)22-18-12-15(27-2)6-7-19(18)30-5)23-24-21(26)14-9-16(28-3)11-17(10-14)29-4/h6-7,9-12H,8H2,1-5H3,(H,22,25)(H,24,26)/b23-13+. The second-order valence-corrected chi connectivity index (χ2v) is 6.18. The van der Waals surface area contributed by atoms with Crippen LogP contribution in [0.15, 0.2) is 41.5 Å². The van der Waals surface area contributed by atoms with Crippen LogP contribution in [-0.2, 0) is 4.79 Å². The molecular formula is C21H25N3O6. The fraction of sp³-hybridized carbons (Fsp3) is 0.286. The molecule has 9 nitrogen and oxygen atoms in total. The van der Waals surface area contributed by atoms with E-state index in [4.69, 9.17) is 18.9 Å². The van der Waals surface area contributed by atoms with Crippen LogP contribution in [0.3, 0.4) is 0 Å². The van der Waals surface area contributed by atoms with Gasteiger partial charge in [-0.2, -0.15) is 5.10 Å². The monoisotopic (exact) mass is 415 g/mol. The predicted octanol–water partition coefficient (Wildman–Crippen LogP) is 2.86. The summed E-state index contributed by atoms with van der Waals surface area (Å²) in [6.07, 6.45) is -0.0257. The smallest absolute Gasteiger partial charge is 0.271 e. The summed E-state index contributed by atoms with van der Waals surface area (Å²) in [7, 11) is 6.03. The van der Waals surface area contributed by atoms with E-state index in [0.717, 1.165) is 0 Å². The topological polar surface area (TPSA) is 107 Å². The van der Waals surface area contributed by atoms with Gasteiger partial charge in [0, 0.05) is 23.4 Å². The highest BCUT2D eigenvalue weighted by molar-refractivity contribution is 6.06. The number of anilines is 1. The van der Waals surface area contributed by atoms with Crippen molar-refractivity contribution in [1.29, 1.82) is 0 Å². The van der Waals surface area contributed by atoms with Crippen molar-refractivity contribution in [2.24, 2.45) is 5.10 Å². The van der Waals surface area contributed by atoms with Crippen molar-refractivity contribution in [2.75, 3.05) is 33.8 Å². The van der Waals surface area contributed by atoms with Gasteiger partial charge >= 0.3 is 0 Å². The first-order valence-electron chi connectivity index (χ1n) is 8.98. The summed E-state index contributed by atoms with van der Waals surface area (Å²) in [5.74, 6) is 1.26. The van der Waals surface area contributed by atoms with Gasteiger partial charge in [-0.15, -0.1) is 0 Å². The Morgan fingerprint density at radius 2 is 1.50 bits per heavy atom. The fourth-order valence-electron chi connectivity index (χ4n) is 2.53. The van der Waals surface area contributed by atoms with Crippen molar-refractivity contribution >= 4 is 23.2 Å². The van der Waals surface area contributed by atoms with Gasteiger partial charge in [-0.05, 0) is 31.2 Å². The highest BCUT2D eigenvalue weighted by Gasteiger charge is 2.12. The third kappa shape index (κ3) is 6.13. The summed E-state index contributed by atoms with van der Waals surface area (Å²) in [6.45, 7) is 1.63. The van der Waals surface area contributed by atoms with Crippen LogP contribution in [0.5, 0.6) is 23.0 Å². The minimum Gasteiger partial charge on any atom is -0.497 e. The van der Waals surface area contributed by atoms with Gasteiger partial charge in [0.15, 0.2) is 0 Å². The molecule has 2 aromatic rings. The van der Waals surface area contributed by atoms with E-state index in [2.05, 4.69) is 15.8 Å². The first-order valence-corrected chi connectivity index (χ1v) is 8.98. The molecule has 30 heavy (non-hydrogen) atoms. The molecule has 0 heterocycles. The number of nitrogens with zero attached hydrogens (tertiary/aromatic N) is 1. The average Bonchev–Trinajstić information content (AvgIpc) is 2.76. The van der Waals surface area contributed by atoms with Gasteiger partial charge in [-0.3, -0.25) is 9.59 Å². The van der Waals surface area contributed by atoms with Crippen LogP contribution in [0.4, 0.5) is 5.69 Å². The van der Waals surface area contributed by atoms with Crippen molar-refractivity contribution in [3.63, 3.8) is 0 Å². The molecule has 0 bridgehead atoms. The molecule has 2 amide bonds. The van der Waals surface area contributed by atoms with Gasteiger partial charge in [0.2, 0.25) is 5.91 Å². The number of carbonyl (C=O) groups is 2. The van der Waals surface area contributed by atoms with Gasteiger partial charge in [0.1, 0.15) is 23.0 Å². The van der Waals surface area contributed by atoms with Crippen LogP contribution in [-0.4, -0.2) is 46.0 Å². The maximum atomic E-state index is 12.4. The predicted molar refractivity (Wildman–Crippen MR) is 113 cm³/mol. The Labute approximate surface area is 175 Å². The normalized spacial score (nSPS) is 10.8. The number of hydrogen-bond donors (Lipinski definition) is 2. The molecule has 0 aliphatic rings. The maximum absolute atomic E-state index is 12.4. The van der Waals surface area contributed by atoms with Crippen LogP contribution >= 0.6 is 0 Å². The molecule has 0 unspecified atom stereocenters. The van der Waals surface area contributed by atoms with Crippen LogP contribution < -0.4 is 29.7 Å². The zero-order valence-corrected chi connectivity index (χ0v) is 17.6. The Morgan fingerprint density at radius 1 is 0.867 bits per heavy atom. The summed E-state index contributed by atoms with van der Waals surface area (Å²) < 4.78 is 20.7. The fourth-order valence-corrected chi connectivity index (χ4v) is 2.53. The largest absolute Gasteiger partial charge is 0.497 e. The molecule has 0 aromatic heterocycles. The third-order valence-electron chi connectivity index (χ3n) is 4.06. The van der Waals surface area contributed by atoms with E-state index < -0.39 is 5.91 Å². The number of rotatable bonds is 9. The zero-order chi connectivity index (χ0) is 22.1. The molecule has 0 fully saturated rings. The van der Waals surface area contributed by atoms with E-state index in [9.17, 15) is 9.59 Å². The quantitative estimate of drug-likeness (QED) is 0.482. The molecule has 0 spiro atoms. The second kappa shape index (κ2) is 10.7. The lowest BCUT2D eigenvalue weighted by Crippen LogP contribution is -2.21. The van der Waals surface area contributed by atoms with E-state index in [1.807, 2.05) is 0 Å². The first-order chi connectivity index (χ1) is 14.4. The van der Waals surface area contributed by atoms with Crippen molar-refractivity contribution in [2.45, 2.75) is 13.3 Å². The lowest BCUT2D eigenvalue weighted by Gasteiger charge is -2.11. The molecule has 2 N–H and O–H groups in total. The van der Waals surface area contributed by atoms with Gasteiger partial charge in [0.05, 0.1) is 40.5 Å². The van der Waals surface area contributed by atoms with Crippen molar-refractivity contribution < 1.29 is 28.5 Å². The van der Waals surface area contributed by atoms with E-state index in [1.54, 1.807) is 43.3 Å². The van der Waals surface area contributed by atoms with Gasteiger partial charge in [0.25, 0.3) is 5.91 Å². The number of hydrogen-bond acceptors (Lipinski definition) is 7. The Bertz CT molecular complexity index is 920. The molecular weight excluding hydrogens is 390 g/mol. The lowest BCUT2D eigenvalue weighted by molar-refractivity contribution is -0.115. The Hall–Kier alpha value is -3.75. The number of carbonyl (C=O) groups excluding carboxylic acids is 2. The molecule has 0 radical (unpaired) electrons. The molecule has 0 atom stereocenters. The number of benzene rings is 2. The zero-order valence-electron chi connectivity index (χ0n) is 17.6. The van der Waals surface area contributed by atoms with Gasteiger partial charge in [-0.25, -0.2) is 5.43 Å². The maximum Gasteiger partial charge on any atom is 0.271 e. The second-order valence-electron chi connectivity index (χ2n) is 6.18. The van der Waals surface area contributed by atoms with Gasteiger partial charge < -0.3 is 24.3 Å². The minimum atomic E-state index is -0.457. The Morgan fingerprint density at radius 3 is 2.07 bits per heavy atom. The van der Waals surface area contributed by atoms with Crippen LogP contribution in [0.25, 0.3) is 0 Å². The molecule has 9 heteroatoms. The van der Waals surface area contributed by atoms with Crippen LogP contribution in [0.2, 0.25) is 0 Å². The molecule has 2 rings (SSSR count). The summed E-state index contributed by atoms with van der Waals surface area (Å²) in [5, 5.41) is 6.73. The molecule has 160 valence electrons. The average molecular weight is 415 g/mol. The van der Waals surface area contributed by atoms with E-state index >= 15 is 0 Å². The van der Waals surface area contributed by atoms with Gasteiger partial charge in [-0.1, -0.05) is 0 Å². The summed E-state index contributed by atoms with van der Waals surface area (Å²) in [6, 6.07) is 9.85. The van der Waals surface area contributed by atoms with E-state index in [1.165, 1.54) is 28.4 Å². The van der Waals surface area contributed by atoms with Crippen LogP contribution in [0, 0.1) is 0 Å². The highest BCUT2D eigenvalue weighted by Crippen LogP contribution is 2.29. The number of amides is 2. The Balaban J connectivity index is 2.01. The molecule has 0 aliphatic carbocycles. The first kappa shape index (κ1) is 22.5. The summed E-state index contributed by atoms with van der Waals surface area (Å²) >= 11 is 0. The van der Waals surface area contributed by atoms with Crippen molar-refractivity contribution in [1.82, 2.24) is 5.43 Å². The molecule has 0 saturated carbocycles. The van der Waals surface area contributed by atoms with Crippen molar-refractivity contribution in [3.05, 3.63) is 42.0 Å². The number of hydrazone groups is 1. The summed E-state index contributed by atoms with van der Waals surface area (Å²) in [4.78, 5) is 24.7. The molecule has 0 saturated heterocycles. The lowest BCUT2D eigenvalue weighted by atomic mass is 10.2. The molecule has 2 aromatic carbocycles. The van der Waals surface area contributed by atoms with Crippen molar-refractivity contribution in [3.8, 4) is 23.0 Å². The highest BCUT2D eigenvalue weighted by atomic mass is 16.5. The van der Waals surface area contributed by atoms with Crippen LogP contribution in [0.1, 0.15) is 23.7 Å².